The molecule has 0 aliphatic carbocycles. The van der Waals surface area contributed by atoms with E-state index < -0.39 is 30.8 Å². The van der Waals surface area contributed by atoms with E-state index in [1.165, 1.54) is 0 Å². The predicted molar refractivity (Wildman–Crippen MR) is 114 cm³/mol. The molecule has 3 rings (SSSR count). The maximum Gasteiger partial charge on any atom is 0.438 e. The van der Waals surface area contributed by atoms with Gasteiger partial charge in [0.15, 0.2) is 6.61 Å². The van der Waals surface area contributed by atoms with Crippen molar-refractivity contribution in [2.45, 2.75) is 45.0 Å². The van der Waals surface area contributed by atoms with Crippen molar-refractivity contribution >= 4 is 27.5 Å². The number of rotatable bonds is 5. The Bertz CT molecular complexity index is 1020. The molecule has 1 heterocycles. The van der Waals surface area contributed by atoms with Crippen LogP contribution in [0.2, 0.25) is 0 Å². The topological polar surface area (TPSA) is 62.1 Å². The quantitative estimate of drug-likeness (QED) is 0.620. The lowest BCUT2D eigenvalue weighted by Crippen LogP contribution is -2.57. The second-order valence-corrected chi connectivity index (χ2v) is 8.65. The van der Waals surface area contributed by atoms with Crippen LogP contribution in [0.25, 0.3) is 0 Å². The lowest BCUT2D eigenvalue weighted by molar-refractivity contribution is -0.302. The van der Waals surface area contributed by atoms with Gasteiger partial charge in [-0.25, -0.2) is 0 Å². The van der Waals surface area contributed by atoms with Crippen molar-refractivity contribution in [3.05, 3.63) is 63.6 Å². The molecule has 31 heavy (non-hydrogen) atoms. The predicted octanol–water partition coefficient (Wildman–Crippen LogP) is 5.15. The molecule has 1 N–H and O–H groups in total. The number of aryl methyl sites for hydroxylation is 1. The number of benzene rings is 2. The lowest BCUT2D eigenvalue weighted by atomic mass is 10.0. The number of halogens is 4. The smallest absolute Gasteiger partial charge is 0.438 e. The van der Waals surface area contributed by atoms with Crippen LogP contribution >= 0.6 is 15.9 Å². The molecule has 5 nitrogen and oxygen atoms in total. The first-order valence-corrected chi connectivity index (χ1v) is 10.4. The second-order valence-electron chi connectivity index (χ2n) is 7.74. The molecular weight excluding hydrogens is 477 g/mol. The number of carbonyl (C=O) groups is 1. The summed E-state index contributed by atoms with van der Waals surface area (Å²) in [4.78, 5) is 12.7. The van der Waals surface area contributed by atoms with E-state index in [2.05, 4.69) is 21.0 Å². The number of hydrogen-bond acceptors (Lipinski definition) is 4. The molecule has 1 atom stereocenters. The summed E-state index contributed by atoms with van der Waals surface area (Å²) in [5, 5.41) is 14.4. The van der Waals surface area contributed by atoms with Gasteiger partial charge >= 0.3 is 6.18 Å². The first kappa shape index (κ1) is 23.3. The molecule has 1 aliphatic heterocycles. The molecule has 0 radical (unpaired) electrons. The molecule has 1 aliphatic rings. The molecule has 166 valence electrons. The van der Waals surface area contributed by atoms with Crippen molar-refractivity contribution in [2.75, 3.05) is 6.61 Å². The SMILES string of the molecule is Cc1ccc(C(C)C)c(OCC(=O)N2N=C(c3cccc(Br)c3)CC2(O)C(F)(F)F)c1. The van der Waals surface area contributed by atoms with Gasteiger partial charge < -0.3 is 9.84 Å². The van der Waals surface area contributed by atoms with Gasteiger partial charge in [-0.2, -0.15) is 23.3 Å². The van der Waals surface area contributed by atoms with Crippen LogP contribution in [0, 0.1) is 6.92 Å². The number of nitrogens with zero attached hydrogens (tertiary/aromatic N) is 2. The summed E-state index contributed by atoms with van der Waals surface area (Å²) in [7, 11) is 0. The highest BCUT2D eigenvalue weighted by atomic mass is 79.9. The zero-order chi connectivity index (χ0) is 23.0. The Morgan fingerprint density at radius 2 is 2.00 bits per heavy atom. The van der Waals surface area contributed by atoms with Gasteiger partial charge in [-0.15, -0.1) is 0 Å². The fourth-order valence-corrected chi connectivity index (χ4v) is 3.70. The standard InChI is InChI=1S/C22H22BrF3N2O3/c1-13(2)17-8-7-14(3)9-19(17)31-12-20(29)28-21(30,22(24,25)26)11-18(27-28)15-5-4-6-16(23)10-15/h4-10,13,30H,11-12H2,1-3H3. The molecule has 0 saturated heterocycles. The van der Waals surface area contributed by atoms with Crippen molar-refractivity contribution in [3.63, 3.8) is 0 Å². The third-order valence-corrected chi connectivity index (χ3v) is 5.47. The molecule has 0 bridgehead atoms. The van der Waals surface area contributed by atoms with Gasteiger partial charge in [0.25, 0.3) is 11.6 Å². The largest absolute Gasteiger partial charge is 0.483 e. The maximum absolute atomic E-state index is 13.7. The molecule has 0 spiro atoms. The van der Waals surface area contributed by atoms with E-state index >= 15 is 0 Å². The maximum atomic E-state index is 13.7. The average molecular weight is 499 g/mol. The minimum Gasteiger partial charge on any atom is -0.483 e. The highest BCUT2D eigenvalue weighted by Gasteiger charge is 2.63. The van der Waals surface area contributed by atoms with Crippen molar-refractivity contribution in [3.8, 4) is 5.75 Å². The molecule has 9 heteroatoms. The Morgan fingerprint density at radius 3 is 2.61 bits per heavy atom. The summed E-state index contributed by atoms with van der Waals surface area (Å²) < 4.78 is 47.4. The first-order valence-electron chi connectivity index (χ1n) is 9.61. The van der Waals surface area contributed by atoms with Gasteiger partial charge in [-0.05, 0) is 47.7 Å². The third kappa shape index (κ3) is 4.77. The lowest BCUT2D eigenvalue weighted by Gasteiger charge is -2.32. The van der Waals surface area contributed by atoms with Gasteiger partial charge in [0.05, 0.1) is 12.1 Å². The highest BCUT2D eigenvalue weighted by Crippen LogP contribution is 2.41. The highest BCUT2D eigenvalue weighted by molar-refractivity contribution is 9.10. The normalized spacial score (nSPS) is 19.0. The average Bonchev–Trinajstić information content (AvgIpc) is 3.05. The van der Waals surface area contributed by atoms with E-state index in [0.29, 0.717) is 15.8 Å². The van der Waals surface area contributed by atoms with Gasteiger partial charge in [0.1, 0.15) is 5.75 Å². The van der Waals surface area contributed by atoms with Crippen LogP contribution in [0.4, 0.5) is 13.2 Å². The zero-order valence-electron chi connectivity index (χ0n) is 17.2. The van der Waals surface area contributed by atoms with Crippen molar-refractivity contribution < 1.29 is 27.8 Å². The number of carbonyl (C=O) groups excluding carboxylic acids is 1. The summed E-state index contributed by atoms with van der Waals surface area (Å²) in [5.74, 6) is -0.596. The number of ether oxygens (including phenoxy) is 1. The molecule has 0 aromatic heterocycles. The van der Waals surface area contributed by atoms with Crippen LogP contribution in [0.1, 0.15) is 42.9 Å². The molecule has 1 unspecified atom stereocenters. The number of hydrogen-bond donors (Lipinski definition) is 1. The van der Waals surface area contributed by atoms with Crippen molar-refractivity contribution in [1.29, 1.82) is 0 Å². The summed E-state index contributed by atoms with van der Waals surface area (Å²) in [6.07, 6.45) is -5.98. The van der Waals surface area contributed by atoms with E-state index in [0.717, 1.165) is 11.1 Å². The summed E-state index contributed by atoms with van der Waals surface area (Å²) in [5.41, 5.74) is -1.42. The summed E-state index contributed by atoms with van der Waals surface area (Å²) >= 11 is 3.26. The zero-order valence-corrected chi connectivity index (χ0v) is 18.8. The third-order valence-electron chi connectivity index (χ3n) is 4.98. The Labute approximate surface area is 186 Å². The minimum absolute atomic E-state index is 0.0482. The Morgan fingerprint density at radius 1 is 1.29 bits per heavy atom. The number of hydrazone groups is 1. The molecular formula is C22H22BrF3N2O3. The van der Waals surface area contributed by atoms with Crippen LogP contribution in [0.5, 0.6) is 5.75 Å². The van der Waals surface area contributed by atoms with Crippen LogP contribution in [-0.4, -0.2) is 40.2 Å². The van der Waals surface area contributed by atoms with Crippen LogP contribution in [0.15, 0.2) is 52.0 Å². The second kappa shape index (κ2) is 8.63. The van der Waals surface area contributed by atoms with Crippen LogP contribution < -0.4 is 4.74 Å². The molecule has 2 aromatic carbocycles. The molecule has 1 amide bonds. The Balaban J connectivity index is 1.89. The summed E-state index contributed by atoms with van der Waals surface area (Å²) in [6.45, 7) is 5.03. The van der Waals surface area contributed by atoms with E-state index in [4.69, 9.17) is 4.74 Å². The van der Waals surface area contributed by atoms with Crippen molar-refractivity contribution in [1.82, 2.24) is 5.01 Å². The van der Waals surface area contributed by atoms with E-state index in [1.54, 1.807) is 30.3 Å². The Hall–Kier alpha value is -2.39. The molecule has 2 aromatic rings. The van der Waals surface area contributed by atoms with Gasteiger partial charge in [-0.3, -0.25) is 4.79 Å². The monoisotopic (exact) mass is 498 g/mol. The molecule has 0 saturated carbocycles. The molecule has 0 fully saturated rings. The van der Waals surface area contributed by atoms with E-state index in [9.17, 15) is 23.1 Å². The van der Waals surface area contributed by atoms with Crippen LogP contribution in [-0.2, 0) is 4.79 Å². The van der Waals surface area contributed by atoms with Crippen molar-refractivity contribution in [2.24, 2.45) is 5.10 Å². The van der Waals surface area contributed by atoms with E-state index in [1.807, 2.05) is 32.9 Å². The Kier molecular flexibility index (Phi) is 6.48. The van der Waals surface area contributed by atoms with Gasteiger partial charge in [0, 0.05) is 4.47 Å². The minimum atomic E-state index is -5.10. The fraction of sp³-hybridized carbons (Fsp3) is 0.364. The van der Waals surface area contributed by atoms with Gasteiger partial charge in [0.2, 0.25) is 0 Å². The number of amides is 1. The van der Waals surface area contributed by atoms with Crippen LogP contribution in [0.3, 0.4) is 0 Å². The number of alkyl halides is 3. The number of aliphatic hydroxyl groups is 1. The van der Waals surface area contributed by atoms with E-state index in [-0.39, 0.29) is 16.6 Å². The van der Waals surface area contributed by atoms with Gasteiger partial charge in [-0.1, -0.05) is 54.0 Å². The first-order chi connectivity index (χ1) is 14.4. The fourth-order valence-electron chi connectivity index (χ4n) is 3.30. The summed E-state index contributed by atoms with van der Waals surface area (Å²) in [6, 6.07) is 11.9.